The summed E-state index contributed by atoms with van der Waals surface area (Å²) < 4.78 is 31.8. The molecule has 84 valence electrons. The van der Waals surface area contributed by atoms with Crippen LogP contribution < -0.4 is 5.73 Å². The lowest BCUT2D eigenvalue weighted by atomic mass is 10.1. The summed E-state index contributed by atoms with van der Waals surface area (Å²) in [6.45, 7) is 1.53. The van der Waals surface area contributed by atoms with E-state index in [4.69, 9.17) is 10.3 Å². The Hall–Kier alpha value is -1.43. The zero-order chi connectivity index (χ0) is 11.9. The van der Waals surface area contributed by atoms with Gasteiger partial charge >= 0.3 is 0 Å². The predicted octanol–water partition coefficient (Wildman–Crippen LogP) is 3.27. The van der Waals surface area contributed by atoms with Crippen molar-refractivity contribution in [2.24, 2.45) is 0 Å². The Bertz CT molecular complexity index is 554. The molecule has 3 nitrogen and oxygen atoms in total. The minimum atomic E-state index is -0.722. The minimum absolute atomic E-state index is 0.120. The van der Waals surface area contributed by atoms with Crippen LogP contribution in [0.3, 0.4) is 0 Å². The van der Waals surface area contributed by atoms with E-state index in [2.05, 4.69) is 21.1 Å². The van der Waals surface area contributed by atoms with Gasteiger partial charge in [0.05, 0.1) is 5.56 Å². The van der Waals surface area contributed by atoms with Crippen LogP contribution in [-0.2, 0) is 0 Å². The van der Waals surface area contributed by atoms with Crippen molar-refractivity contribution in [3.63, 3.8) is 0 Å². The number of anilines is 1. The Morgan fingerprint density at radius 1 is 1.31 bits per heavy atom. The van der Waals surface area contributed by atoms with Gasteiger partial charge in [0.25, 0.3) is 0 Å². The number of hydrogen-bond acceptors (Lipinski definition) is 3. The summed E-state index contributed by atoms with van der Waals surface area (Å²) in [6, 6.07) is 2.14. The van der Waals surface area contributed by atoms with Gasteiger partial charge in [0.2, 0.25) is 0 Å². The first-order valence-electron chi connectivity index (χ1n) is 4.37. The van der Waals surface area contributed by atoms with E-state index in [0.29, 0.717) is 10.0 Å². The van der Waals surface area contributed by atoms with Crippen LogP contribution in [0.5, 0.6) is 0 Å². The molecule has 16 heavy (non-hydrogen) atoms. The van der Waals surface area contributed by atoms with E-state index in [-0.39, 0.29) is 17.1 Å². The highest BCUT2D eigenvalue weighted by Gasteiger charge is 2.18. The number of nitrogens with zero attached hydrogens (tertiary/aromatic N) is 1. The van der Waals surface area contributed by atoms with Gasteiger partial charge in [-0.3, -0.25) is 0 Å². The number of halogens is 3. The summed E-state index contributed by atoms with van der Waals surface area (Å²) in [4.78, 5) is 0. The van der Waals surface area contributed by atoms with E-state index in [0.717, 1.165) is 6.07 Å². The molecule has 0 aliphatic carbocycles. The molecule has 0 saturated carbocycles. The molecule has 1 aromatic carbocycles. The molecular formula is C10H7BrF2N2O. The molecule has 0 bridgehead atoms. The lowest BCUT2D eigenvalue weighted by Gasteiger charge is -2.02. The average Bonchev–Trinajstić information content (AvgIpc) is 2.54. The van der Waals surface area contributed by atoms with Crippen molar-refractivity contribution in [1.82, 2.24) is 5.16 Å². The maximum atomic E-state index is 13.5. The summed E-state index contributed by atoms with van der Waals surface area (Å²) in [7, 11) is 0. The van der Waals surface area contributed by atoms with Gasteiger partial charge in [0.1, 0.15) is 16.1 Å². The van der Waals surface area contributed by atoms with Gasteiger partial charge in [0, 0.05) is 6.07 Å². The first-order chi connectivity index (χ1) is 7.50. The Balaban J connectivity index is 2.65. The lowest BCUT2D eigenvalue weighted by molar-refractivity contribution is 0.432. The third kappa shape index (κ3) is 1.69. The topological polar surface area (TPSA) is 52.0 Å². The fourth-order valence-corrected chi connectivity index (χ4v) is 1.65. The fraction of sp³-hybridized carbons (Fsp3) is 0.100. The van der Waals surface area contributed by atoms with Crippen LogP contribution in [0.1, 0.15) is 5.56 Å². The Labute approximate surface area is 98.4 Å². The predicted molar refractivity (Wildman–Crippen MR) is 58.7 cm³/mol. The van der Waals surface area contributed by atoms with E-state index in [9.17, 15) is 8.78 Å². The second kappa shape index (κ2) is 3.86. The monoisotopic (exact) mass is 288 g/mol. The van der Waals surface area contributed by atoms with Crippen LogP contribution in [-0.4, -0.2) is 5.16 Å². The second-order valence-corrected chi connectivity index (χ2v) is 4.09. The summed E-state index contributed by atoms with van der Waals surface area (Å²) in [6.07, 6.45) is 0. The summed E-state index contributed by atoms with van der Waals surface area (Å²) in [5.74, 6) is -1.06. The van der Waals surface area contributed by atoms with Crippen molar-refractivity contribution in [3.05, 3.63) is 33.8 Å². The van der Waals surface area contributed by atoms with Gasteiger partial charge in [-0.25, -0.2) is 8.78 Å². The van der Waals surface area contributed by atoms with Crippen molar-refractivity contribution in [1.29, 1.82) is 0 Å². The van der Waals surface area contributed by atoms with E-state index >= 15 is 0 Å². The third-order valence-electron chi connectivity index (χ3n) is 2.15. The lowest BCUT2D eigenvalue weighted by Crippen LogP contribution is -1.90. The normalized spacial score (nSPS) is 10.8. The molecule has 0 unspecified atom stereocenters. The summed E-state index contributed by atoms with van der Waals surface area (Å²) >= 11 is 3.12. The number of aromatic nitrogens is 1. The van der Waals surface area contributed by atoms with Gasteiger partial charge in [-0.1, -0.05) is 5.16 Å². The second-order valence-electron chi connectivity index (χ2n) is 3.29. The molecule has 6 heteroatoms. The quantitative estimate of drug-likeness (QED) is 0.876. The first-order valence-corrected chi connectivity index (χ1v) is 5.16. The first kappa shape index (κ1) is 11.1. The van der Waals surface area contributed by atoms with Gasteiger partial charge < -0.3 is 10.3 Å². The van der Waals surface area contributed by atoms with Crippen molar-refractivity contribution in [3.8, 4) is 11.3 Å². The van der Waals surface area contributed by atoms with Crippen LogP contribution in [0.15, 0.2) is 21.1 Å². The van der Waals surface area contributed by atoms with Crippen molar-refractivity contribution < 1.29 is 13.3 Å². The Morgan fingerprint density at radius 3 is 2.56 bits per heavy atom. The van der Waals surface area contributed by atoms with Gasteiger partial charge in [0.15, 0.2) is 11.6 Å². The van der Waals surface area contributed by atoms with E-state index < -0.39 is 11.6 Å². The SMILES string of the molecule is Cc1cc(-c2onc(N)c2Br)c(F)cc1F. The molecule has 0 amide bonds. The Kier molecular flexibility index (Phi) is 2.67. The molecule has 2 rings (SSSR count). The zero-order valence-electron chi connectivity index (χ0n) is 8.22. The third-order valence-corrected chi connectivity index (χ3v) is 2.92. The van der Waals surface area contributed by atoms with Crippen LogP contribution in [0.2, 0.25) is 0 Å². The van der Waals surface area contributed by atoms with Gasteiger partial charge in [-0.2, -0.15) is 0 Å². The van der Waals surface area contributed by atoms with Crippen LogP contribution in [0.4, 0.5) is 14.6 Å². The number of aryl methyl sites for hydroxylation is 1. The van der Waals surface area contributed by atoms with E-state index in [1.54, 1.807) is 0 Å². The number of benzene rings is 1. The van der Waals surface area contributed by atoms with Crippen molar-refractivity contribution in [2.75, 3.05) is 5.73 Å². The fourth-order valence-electron chi connectivity index (χ4n) is 1.29. The molecule has 1 heterocycles. The highest BCUT2D eigenvalue weighted by Crippen LogP contribution is 2.34. The van der Waals surface area contributed by atoms with Gasteiger partial charge in [-0.05, 0) is 34.5 Å². The van der Waals surface area contributed by atoms with Crippen molar-refractivity contribution in [2.45, 2.75) is 6.92 Å². The Morgan fingerprint density at radius 2 is 2.00 bits per heavy atom. The van der Waals surface area contributed by atoms with Crippen LogP contribution >= 0.6 is 15.9 Å². The molecule has 2 N–H and O–H groups in total. The van der Waals surface area contributed by atoms with E-state index in [1.165, 1.54) is 13.0 Å². The minimum Gasteiger partial charge on any atom is -0.380 e. The van der Waals surface area contributed by atoms with Gasteiger partial charge in [-0.15, -0.1) is 0 Å². The molecular weight excluding hydrogens is 282 g/mol. The maximum Gasteiger partial charge on any atom is 0.186 e. The molecule has 0 saturated heterocycles. The number of nitrogens with two attached hydrogens (primary N) is 1. The molecule has 0 fully saturated rings. The summed E-state index contributed by atoms with van der Waals surface area (Å²) in [5, 5.41) is 3.48. The van der Waals surface area contributed by atoms with Crippen molar-refractivity contribution >= 4 is 21.7 Å². The molecule has 0 aliphatic rings. The average molecular weight is 289 g/mol. The highest BCUT2D eigenvalue weighted by atomic mass is 79.9. The standard InChI is InChI=1S/C10H7BrF2N2O/c1-4-2-5(7(13)3-6(4)12)9-8(11)10(14)15-16-9/h2-3H,1H3,(H2,14,15). The highest BCUT2D eigenvalue weighted by molar-refractivity contribution is 9.10. The number of hydrogen-bond donors (Lipinski definition) is 1. The zero-order valence-corrected chi connectivity index (χ0v) is 9.81. The maximum absolute atomic E-state index is 13.5. The molecule has 0 spiro atoms. The van der Waals surface area contributed by atoms with Crippen LogP contribution in [0.25, 0.3) is 11.3 Å². The number of nitrogen functional groups attached to an aromatic ring is 1. The molecule has 1 aromatic heterocycles. The summed E-state index contributed by atoms with van der Waals surface area (Å²) in [5.41, 5.74) is 5.89. The number of rotatable bonds is 1. The smallest absolute Gasteiger partial charge is 0.186 e. The molecule has 0 atom stereocenters. The molecule has 0 aliphatic heterocycles. The largest absolute Gasteiger partial charge is 0.380 e. The van der Waals surface area contributed by atoms with Crippen LogP contribution in [0, 0.1) is 18.6 Å². The molecule has 2 aromatic rings. The van der Waals surface area contributed by atoms with E-state index in [1.807, 2.05) is 0 Å². The molecule has 0 radical (unpaired) electrons.